The van der Waals surface area contributed by atoms with E-state index in [-0.39, 0.29) is 4.90 Å². The van der Waals surface area contributed by atoms with Crippen molar-refractivity contribution in [1.29, 1.82) is 0 Å². The zero-order chi connectivity index (χ0) is 24.5. The molecule has 0 aliphatic heterocycles. The number of allylic oxidation sites excluding steroid dienone is 4. The number of sulfonamides is 1. The lowest BCUT2D eigenvalue weighted by molar-refractivity contribution is 0.272. The van der Waals surface area contributed by atoms with Gasteiger partial charge >= 0.3 is 0 Å². The highest BCUT2D eigenvalue weighted by molar-refractivity contribution is 7.92. The van der Waals surface area contributed by atoms with Crippen molar-refractivity contribution in [1.82, 2.24) is 9.61 Å². The first-order valence-corrected chi connectivity index (χ1v) is 13.3. The van der Waals surface area contributed by atoms with Crippen LogP contribution in [0.1, 0.15) is 57.2 Å². The number of hydrogen-bond donors (Lipinski definition) is 1. The minimum absolute atomic E-state index is 0.191. The SMILES string of the molecule is COC1=CC(c2cc3c(Cl)ccc(NS(=O)(=O)c4ccc(C(C)C)cc4)n3n2)=CC(C)CCC1. The molecule has 1 aliphatic carbocycles. The smallest absolute Gasteiger partial charge is 0.263 e. The van der Waals surface area contributed by atoms with Gasteiger partial charge in [-0.15, -0.1) is 0 Å². The molecule has 2 aromatic heterocycles. The molecule has 3 aromatic rings. The zero-order valence-electron chi connectivity index (χ0n) is 19.9. The van der Waals surface area contributed by atoms with Crippen molar-refractivity contribution in [3.63, 3.8) is 0 Å². The Balaban J connectivity index is 1.74. The highest BCUT2D eigenvalue weighted by atomic mass is 35.5. The number of nitrogens with zero attached hydrogens (tertiary/aromatic N) is 2. The van der Waals surface area contributed by atoms with Crippen LogP contribution in [0, 0.1) is 5.92 Å². The quantitative estimate of drug-likeness (QED) is 0.412. The van der Waals surface area contributed by atoms with Crippen LogP contribution in [0.15, 0.2) is 65.3 Å². The second kappa shape index (κ2) is 9.84. The van der Waals surface area contributed by atoms with Gasteiger partial charge in [-0.3, -0.25) is 4.72 Å². The Morgan fingerprint density at radius 1 is 1.18 bits per heavy atom. The molecule has 0 fully saturated rings. The van der Waals surface area contributed by atoms with Gasteiger partial charge in [-0.1, -0.05) is 50.6 Å². The van der Waals surface area contributed by atoms with E-state index in [0.717, 1.165) is 36.2 Å². The van der Waals surface area contributed by atoms with Crippen molar-refractivity contribution >= 4 is 38.5 Å². The van der Waals surface area contributed by atoms with Crippen LogP contribution in [0.5, 0.6) is 0 Å². The molecule has 1 atom stereocenters. The molecular weight excluding hydrogens is 470 g/mol. The van der Waals surface area contributed by atoms with E-state index in [2.05, 4.69) is 31.6 Å². The third kappa shape index (κ3) is 5.15. The summed E-state index contributed by atoms with van der Waals surface area (Å²) in [4.78, 5) is 0.191. The number of ether oxygens (including phenoxy) is 1. The first-order chi connectivity index (χ1) is 16.2. The molecule has 180 valence electrons. The summed E-state index contributed by atoms with van der Waals surface area (Å²) in [7, 11) is -2.13. The Morgan fingerprint density at radius 2 is 1.91 bits per heavy atom. The molecule has 1 aliphatic rings. The molecule has 0 spiro atoms. The van der Waals surface area contributed by atoms with Crippen LogP contribution >= 0.6 is 11.6 Å². The summed E-state index contributed by atoms with van der Waals surface area (Å²) in [5.41, 5.74) is 3.34. The van der Waals surface area contributed by atoms with E-state index in [1.165, 1.54) is 0 Å². The molecule has 8 heteroatoms. The van der Waals surface area contributed by atoms with E-state index in [1.54, 1.807) is 35.9 Å². The van der Waals surface area contributed by atoms with Gasteiger partial charge in [0.05, 0.1) is 34.0 Å². The number of fused-ring (bicyclic) bond motifs is 1. The van der Waals surface area contributed by atoms with E-state index < -0.39 is 10.0 Å². The third-order valence-electron chi connectivity index (χ3n) is 6.09. The fourth-order valence-electron chi connectivity index (χ4n) is 4.09. The van der Waals surface area contributed by atoms with Gasteiger partial charge in [0.1, 0.15) is 5.82 Å². The number of nitrogens with one attached hydrogen (secondary N) is 1. The molecule has 4 rings (SSSR count). The van der Waals surface area contributed by atoms with Crippen LogP contribution in [0.2, 0.25) is 5.02 Å². The lowest BCUT2D eigenvalue weighted by Crippen LogP contribution is -2.15. The number of pyridine rings is 1. The molecule has 1 aromatic carbocycles. The van der Waals surface area contributed by atoms with Gasteiger partial charge in [-0.2, -0.15) is 5.10 Å². The summed E-state index contributed by atoms with van der Waals surface area (Å²) in [6.07, 6.45) is 7.16. The number of hydrogen-bond acceptors (Lipinski definition) is 4. The molecule has 1 N–H and O–H groups in total. The molecule has 0 bridgehead atoms. The van der Waals surface area contributed by atoms with Crippen molar-refractivity contribution in [2.24, 2.45) is 5.92 Å². The van der Waals surface area contributed by atoms with Crippen LogP contribution in [0.25, 0.3) is 11.1 Å². The lowest BCUT2D eigenvalue weighted by Gasteiger charge is -2.14. The van der Waals surface area contributed by atoms with Gasteiger partial charge in [0.2, 0.25) is 0 Å². The van der Waals surface area contributed by atoms with Gasteiger partial charge in [-0.25, -0.2) is 12.9 Å². The minimum Gasteiger partial charge on any atom is -0.501 e. The van der Waals surface area contributed by atoms with Crippen LogP contribution < -0.4 is 4.72 Å². The fraction of sp³-hybridized carbons (Fsp3) is 0.346. The van der Waals surface area contributed by atoms with Crippen LogP contribution in [0.4, 0.5) is 5.82 Å². The maximum absolute atomic E-state index is 13.1. The molecule has 0 radical (unpaired) electrons. The highest BCUT2D eigenvalue weighted by Gasteiger charge is 2.19. The first-order valence-electron chi connectivity index (χ1n) is 11.5. The average Bonchev–Trinajstić information content (AvgIpc) is 3.24. The summed E-state index contributed by atoms with van der Waals surface area (Å²) in [6.45, 7) is 6.31. The first kappa shape index (κ1) is 24.4. The second-order valence-corrected chi connectivity index (χ2v) is 11.1. The molecule has 34 heavy (non-hydrogen) atoms. The lowest BCUT2D eigenvalue weighted by atomic mass is 9.95. The number of methoxy groups -OCH3 is 1. The Kier molecular flexibility index (Phi) is 7.05. The normalized spacial score (nSPS) is 17.2. The second-order valence-electron chi connectivity index (χ2n) is 9.03. The summed E-state index contributed by atoms with van der Waals surface area (Å²) in [5.74, 6) is 1.92. The molecule has 6 nitrogen and oxygen atoms in total. The third-order valence-corrected chi connectivity index (χ3v) is 7.78. The predicted molar refractivity (Wildman–Crippen MR) is 138 cm³/mol. The summed E-state index contributed by atoms with van der Waals surface area (Å²) in [5, 5.41) is 5.21. The largest absolute Gasteiger partial charge is 0.501 e. The topological polar surface area (TPSA) is 72.7 Å². The van der Waals surface area contributed by atoms with Gasteiger partial charge in [-0.05, 0) is 66.6 Å². The van der Waals surface area contributed by atoms with E-state index in [9.17, 15) is 8.42 Å². The number of rotatable bonds is 6. The Bertz CT molecular complexity index is 1360. The Morgan fingerprint density at radius 3 is 2.59 bits per heavy atom. The number of benzene rings is 1. The maximum Gasteiger partial charge on any atom is 0.263 e. The minimum atomic E-state index is -3.81. The van der Waals surface area contributed by atoms with Gasteiger partial charge in [0.25, 0.3) is 10.0 Å². The summed E-state index contributed by atoms with van der Waals surface area (Å²) < 4.78 is 36.0. The highest BCUT2D eigenvalue weighted by Crippen LogP contribution is 2.30. The number of anilines is 1. The molecule has 0 saturated heterocycles. The number of aromatic nitrogens is 2. The van der Waals surface area contributed by atoms with Crippen LogP contribution in [-0.4, -0.2) is 25.1 Å². The van der Waals surface area contributed by atoms with E-state index in [1.807, 2.05) is 24.3 Å². The predicted octanol–water partition coefficient (Wildman–Crippen LogP) is 6.65. The van der Waals surface area contributed by atoms with E-state index in [0.29, 0.717) is 33.9 Å². The van der Waals surface area contributed by atoms with Crippen LogP contribution in [0.3, 0.4) is 0 Å². The van der Waals surface area contributed by atoms with Gasteiger partial charge in [0.15, 0.2) is 0 Å². The van der Waals surface area contributed by atoms with Crippen molar-refractivity contribution in [2.75, 3.05) is 11.8 Å². The molecule has 2 heterocycles. The Labute approximate surface area is 206 Å². The van der Waals surface area contributed by atoms with E-state index >= 15 is 0 Å². The summed E-state index contributed by atoms with van der Waals surface area (Å²) in [6, 6.07) is 12.1. The summed E-state index contributed by atoms with van der Waals surface area (Å²) >= 11 is 6.46. The molecular formula is C26H30ClN3O3S. The van der Waals surface area contributed by atoms with Crippen molar-refractivity contribution in [2.45, 2.75) is 50.8 Å². The monoisotopic (exact) mass is 499 g/mol. The van der Waals surface area contributed by atoms with Crippen molar-refractivity contribution in [3.05, 3.63) is 76.7 Å². The zero-order valence-corrected chi connectivity index (χ0v) is 21.4. The van der Waals surface area contributed by atoms with Gasteiger partial charge in [0, 0.05) is 12.0 Å². The fourth-order valence-corrected chi connectivity index (χ4v) is 5.33. The molecule has 0 saturated carbocycles. The standard InChI is InChI=1S/C26H30ClN3O3S/c1-17(2)19-8-10-22(11-9-19)34(31,32)29-26-13-12-23(27)25-16-24(28-30(25)26)20-14-18(3)6-5-7-21(15-20)33-4/h8-18,29H,5-7H2,1-4H3. The van der Waals surface area contributed by atoms with Crippen molar-refractivity contribution < 1.29 is 13.2 Å². The maximum atomic E-state index is 13.1. The Hall–Kier alpha value is -2.77. The average molecular weight is 500 g/mol. The number of halogens is 1. The van der Waals surface area contributed by atoms with Gasteiger partial charge < -0.3 is 4.74 Å². The van der Waals surface area contributed by atoms with Crippen molar-refractivity contribution in [3.8, 4) is 0 Å². The van der Waals surface area contributed by atoms with E-state index in [4.69, 9.17) is 21.4 Å². The molecule has 1 unspecified atom stereocenters. The molecule has 0 amide bonds. The van der Waals surface area contributed by atoms with Crippen LogP contribution in [-0.2, 0) is 14.8 Å².